The molecule has 2 aliphatic heterocycles. The molecule has 1 spiro atoms. The largest absolute Gasteiger partial charge is 0.359 e. The molecular formula is C20H28N4O2. The van der Waals surface area contributed by atoms with E-state index in [0.717, 1.165) is 38.8 Å². The summed E-state index contributed by atoms with van der Waals surface area (Å²) in [6.45, 7) is 3.61. The van der Waals surface area contributed by atoms with Gasteiger partial charge in [-0.15, -0.1) is 0 Å². The second kappa shape index (κ2) is 6.67. The zero-order valence-electron chi connectivity index (χ0n) is 15.5. The summed E-state index contributed by atoms with van der Waals surface area (Å²) in [5, 5.41) is 2.82. The van der Waals surface area contributed by atoms with Crippen molar-refractivity contribution in [2.24, 2.45) is 0 Å². The van der Waals surface area contributed by atoms with Crippen molar-refractivity contribution < 1.29 is 9.59 Å². The lowest BCUT2D eigenvalue weighted by atomic mass is 9.73. The zero-order chi connectivity index (χ0) is 18.3. The molecule has 0 saturated carbocycles. The first-order valence-electron chi connectivity index (χ1n) is 9.65. The van der Waals surface area contributed by atoms with Crippen molar-refractivity contribution in [3.63, 3.8) is 0 Å². The molecule has 140 valence electrons. The Hall–Kier alpha value is -1.92. The monoisotopic (exact) mass is 356 g/mol. The molecular weight excluding hydrogens is 328 g/mol. The lowest BCUT2D eigenvalue weighted by Crippen LogP contribution is -2.51. The number of carbonyl (C=O) groups is 2. The third-order valence-electron chi connectivity index (χ3n) is 6.49. The second-order valence-corrected chi connectivity index (χ2v) is 8.04. The average Bonchev–Trinajstić information content (AvgIpc) is 3.24. The van der Waals surface area contributed by atoms with Crippen LogP contribution in [-0.2, 0) is 15.0 Å². The number of fused-ring (bicyclic) bond motifs is 2. The van der Waals surface area contributed by atoms with E-state index in [4.69, 9.17) is 0 Å². The third-order valence-corrected chi connectivity index (χ3v) is 6.49. The number of hydrogen-bond donors (Lipinski definition) is 3. The summed E-state index contributed by atoms with van der Waals surface area (Å²) in [6.07, 6.45) is 3.55. The highest BCUT2D eigenvalue weighted by molar-refractivity contribution is 5.85. The van der Waals surface area contributed by atoms with Crippen LogP contribution in [0.4, 0.5) is 0 Å². The fourth-order valence-corrected chi connectivity index (χ4v) is 5.03. The van der Waals surface area contributed by atoms with Gasteiger partial charge in [-0.25, -0.2) is 5.43 Å². The molecule has 1 aromatic rings. The number of nitrogens with one attached hydrogen (secondary N) is 3. The smallest absolute Gasteiger partial charge is 0.241 e. The highest BCUT2D eigenvalue weighted by Crippen LogP contribution is 2.51. The van der Waals surface area contributed by atoms with Gasteiger partial charge in [0, 0.05) is 31.6 Å². The van der Waals surface area contributed by atoms with E-state index in [9.17, 15) is 9.59 Å². The van der Waals surface area contributed by atoms with Crippen LogP contribution in [-0.4, -0.2) is 48.9 Å². The van der Waals surface area contributed by atoms with Crippen LogP contribution in [0.15, 0.2) is 24.3 Å². The molecule has 2 fully saturated rings. The van der Waals surface area contributed by atoms with Gasteiger partial charge in [0.25, 0.3) is 0 Å². The van der Waals surface area contributed by atoms with E-state index >= 15 is 0 Å². The van der Waals surface area contributed by atoms with Crippen LogP contribution < -0.4 is 16.2 Å². The van der Waals surface area contributed by atoms with Crippen LogP contribution >= 0.6 is 0 Å². The molecule has 2 heterocycles. The van der Waals surface area contributed by atoms with E-state index in [1.807, 2.05) is 11.0 Å². The third kappa shape index (κ3) is 2.81. The Morgan fingerprint density at radius 1 is 1.19 bits per heavy atom. The summed E-state index contributed by atoms with van der Waals surface area (Å²) in [4.78, 5) is 27.2. The van der Waals surface area contributed by atoms with E-state index in [1.165, 1.54) is 11.1 Å². The average molecular weight is 356 g/mol. The number of hydrogen-bond acceptors (Lipinski definition) is 4. The zero-order valence-corrected chi connectivity index (χ0v) is 15.5. The Labute approximate surface area is 154 Å². The number of hydrazine groups is 1. The molecule has 3 N–H and O–H groups in total. The molecule has 0 radical (unpaired) electrons. The van der Waals surface area contributed by atoms with E-state index in [1.54, 1.807) is 7.05 Å². The normalized spacial score (nSPS) is 29.6. The fraction of sp³-hybridized carbons (Fsp3) is 0.600. The standard InChI is InChI=1S/C20H28N4O2/c1-13-11-17(23-22-13)19(26)24-9-7-20(8-10-24)12-15(18(25)21-2)14-5-3-4-6-16(14)20/h3-6,13,15,17,22-23H,7-12H2,1-2H3,(H,21,25). The molecule has 2 saturated heterocycles. The summed E-state index contributed by atoms with van der Waals surface area (Å²) >= 11 is 0. The minimum Gasteiger partial charge on any atom is -0.359 e. The molecule has 2 amide bonds. The summed E-state index contributed by atoms with van der Waals surface area (Å²) in [7, 11) is 1.71. The van der Waals surface area contributed by atoms with Gasteiger partial charge in [0.1, 0.15) is 6.04 Å². The number of amides is 2. The van der Waals surface area contributed by atoms with Crippen molar-refractivity contribution >= 4 is 11.8 Å². The van der Waals surface area contributed by atoms with Gasteiger partial charge < -0.3 is 10.2 Å². The van der Waals surface area contributed by atoms with Crippen molar-refractivity contribution in [2.45, 2.75) is 56.0 Å². The number of piperidine rings is 1. The molecule has 4 rings (SSSR count). The lowest BCUT2D eigenvalue weighted by molar-refractivity contribution is -0.135. The fourth-order valence-electron chi connectivity index (χ4n) is 5.03. The summed E-state index contributed by atoms with van der Waals surface area (Å²) in [5.74, 6) is 0.230. The van der Waals surface area contributed by atoms with Gasteiger partial charge in [-0.2, -0.15) is 0 Å². The Morgan fingerprint density at radius 2 is 1.92 bits per heavy atom. The maximum absolute atomic E-state index is 12.8. The first kappa shape index (κ1) is 17.5. The molecule has 6 heteroatoms. The number of likely N-dealkylation sites (N-methyl/N-ethyl adjacent to an activating group) is 1. The number of carbonyl (C=O) groups excluding carboxylic acids is 2. The quantitative estimate of drug-likeness (QED) is 0.740. The Kier molecular flexibility index (Phi) is 4.49. The number of likely N-dealkylation sites (tertiary alicyclic amines) is 1. The highest BCUT2D eigenvalue weighted by atomic mass is 16.2. The molecule has 1 aromatic carbocycles. The highest BCUT2D eigenvalue weighted by Gasteiger charge is 2.48. The molecule has 3 aliphatic rings. The lowest BCUT2D eigenvalue weighted by Gasteiger charge is -2.41. The first-order chi connectivity index (χ1) is 12.5. The van der Waals surface area contributed by atoms with Crippen molar-refractivity contribution in [3.8, 4) is 0 Å². The van der Waals surface area contributed by atoms with Crippen LogP contribution in [0.2, 0.25) is 0 Å². The SMILES string of the molecule is CNC(=O)C1CC2(CCN(C(=O)C3CC(C)NN3)CC2)c2ccccc21. The van der Waals surface area contributed by atoms with Gasteiger partial charge in [0.2, 0.25) is 11.8 Å². The number of benzene rings is 1. The van der Waals surface area contributed by atoms with E-state index in [-0.39, 0.29) is 29.2 Å². The minimum atomic E-state index is -0.117. The van der Waals surface area contributed by atoms with Gasteiger partial charge in [-0.3, -0.25) is 15.0 Å². The summed E-state index contributed by atoms with van der Waals surface area (Å²) in [5.41, 5.74) is 8.76. The molecule has 1 aliphatic carbocycles. The van der Waals surface area contributed by atoms with Crippen molar-refractivity contribution in [1.29, 1.82) is 0 Å². The molecule has 0 bridgehead atoms. The predicted molar refractivity (Wildman–Crippen MR) is 99.5 cm³/mol. The van der Waals surface area contributed by atoms with Gasteiger partial charge in [-0.1, -0.05) is 24.3 Å². The summed E-state index contributed by atoms with van der Waals surface area (Å²) < 4.78 is 0. The van der Waals surface area contributed by atoms with E-state index < -0.39 is 0 Å². The van der Waals surface area contributed by atoms with Crippen LogP contribution in [0.5, 0.6) is 0 Å². The van der Waals surface area contributed by atoms with Gasteiger partial charge in [0.05, 0.1) is 5.92 Å². The molecule has 3 unspecified atom stereocenters. The van der Waals surface area contributed by atoms with Crippen LogP contribution in [0, 0.1) is 0 Å². The van der Waals surface area contributed by atoms with Gasteiger partial charge in [-0.05, 0) is 43.7 Å². The summed E-state index contributed by atoms with van der Waals surface area (Å²) in [6, 6.07) is 8.58. The molecule has 26 heavy (non-hydrogen) atoms. The maximum atomic E-state index is 12.8. The van der Waals surface area contributed by atoms with Crippen LogP contribution in [0.25, 0.3) is 0 Å². The number of nitrogens with zero attached hydrogens (tertiary/aromatic N) is 1. The Morgan fingerprint density at radius 3 is 2.58 bits per heavy atom. The van der Waals surface area contributed by atoms with Crippen LogP contribution in [0.1, 0.15) is 49.7 Å². The van der Waals surface area contributed by atoms with Gasteiger partial charge in [0.15, 0.2) is 0 Å². The van der Waals surface area contributed by atoms with Crippen molar-refractivity contribution in [1.82, 2.24) is 21.1 Å². The predicted octanol–water partition coefficient (Wildman–Crippen LogP) is 1.04. The Bertz CT molecular complexity index is 712. The molecule has 3 atom stereocenters. The maximum Gasteiger partial charge on any atom is 0.241 e. The van der Waals surface area contributed by atoms with Crippen LogP contribution in [0.3, 0.4) is 0 Å². The van der Waals surface area contributed by atoms with Crippen molar-refractivity contribution in [3.05, 3.63) is 35.4 Å². The topological polar surface area (TPSA) is 73.5 Å². The Balaban J connectivity index is 1.50. The van der Waals surface area contributed by atoms with Gasteiger partial charge >= 0.3 is 0 Å². The number of rotatable bonds is 2. The molecule has 6 nitrogen and oxygen atoms in total. The van der Waals surface area contributed by atoms with E-state index in [2.05, 4.69) is 41.3 Å². The van der Waals surface area contributed by atoms with Crippen molar-refractivity contribution in [2.75, 3.05) is 20.1 Å². The van der Waals surface area contributed by atoms with E-state index in [0.29, 0.717) is 6.04 Å². The second-order valence-electron chi connectivity index (χ2n) is 8.04. The first-order valence-corrected chi connectivity index (χ1v) is 9.65. The minimum absolute atomic E-state index is 0.0270. The molecule has 0 aromatic heterocycles.